The minimum absolute atomic E-state index is 0.0291. The highest BCUT2D eigenvalue weighted by Crippen LogP contribution is 2.20. The van der Waals surface area contributed by atoms with Crippen LogP contribution < -0.4 is 5.32 Å². The monoisotopic (exact) mass is 256 g/mol. The number of hydrogen-bond donors (Lipinski definition) is 2. The first kappa shape index (κ1) is 15.0. The van der Waals surface area contributed by atoms with Gasteiger partial charge in [0.15, 0.2) is 0 Å². The molecule has 0 saturated carbocycles. The van der Waals surface area contributed by atoms with Gasteiger partial charge in [-0.15, -0.1) is 0 Å². The topological polar surface area (TPSA) is 69.6 Å². The van der Waals surface area contributed by atoms with Gasteiger partial charge in [0.25, 0.3) is 0 Å². The Bertz CT molecular complexity index is 305. The van der Waals surface area contributed by atoms with Gasteiger partial charge in [-0.05, 0) is 24.8 Å². The third kappa shape index (κ3) is 5.04. The van der Waals surface area contributed by atoms with Crippen molar-refractivity contribution in [2.24, 2.45) is 11.8 Å². The number of carbonyl (C=O) groups is 2. The highest BCUT2D eigenvalue weighted by atomic mass is 16.4. The highest BCUT2D eigenvalue weighted by Gasteiger charge is 2.29. The van der Waals surface area contributed by atoms with E-state index in [0.717, 1.165) is 13.0 Å². The van der Waals surface area contributed by atoms with Gasteiger partial charge in [0.2, 0.25) is 5.91 Å². The van der Waals surface area contributed by atoms with Crippen molar-refractivity contribution in [2.75, 3.05) is 19.6 Å². The predicted octanol–water partition coefficient (Wildman–Crippen LogP) is 0.944. The standard InChI is InChI=1S/C13H24N2O3/c1-9(2)6-14-12-4-11(5-13(17)18)7-15(8-12)10(3)16/h9,11-12,14H,4-8H2,1-3H3,(H,17,18). The summed E-state index contributed by atoms with van der Waals surface area (Å²) in [4.78, 5) is 24.0. The van der Waals surface area contributed by atoms with E-state index in [1.165, 1.54) is 0 Å². The molecule has 5 heteroatoms. The Morgan fingerprint density at radius 3 is 2.56 bits per heavy atom. The van der Waals surface area contributed by atoms with Crippen LogP contribution in [0.4, 0.5) is 0 Å². The molecule has 18 heavy (non-hydrogen) atoms. The van der Waals surface area contributed by atoms with E-state index in [4.69, 9.17) is 5.11 Å². The molecule has 0 bridgehead atoms. The van der Waals surface area contributed by atoms with E-state index in [0.29, 0.717) is 19.0 Å². The lowest BCUT2D eigenvalue weighted by Gasteiger charge is -2.37. The first-order valence-electron chi connectivity index (χ1n) is 6.59. The van der Waals surface area contributed by atoms with Crippen LogP contribution in [0.15, 0.2) is 0 Å². The van der Waals surface area contributed by atoms with E-state index < -0.39 is 5.97 Å². The van der Waals surface area contributed by atoms with E-state index >= 15 is 0 Å². The average molecular weight is 256 g/mol. The van der Waals surface area contributed by atoms with Crippen molar-refractivity contribution in [1.82, 2.24) is 10.2 Å². The Morgan fingerprint density at radius 1 is 1.39 bits per heavy atom. The highest BCUT2D eigenvalue weighted by molar-refractivity contribution is 5.73. The molecule has 5 nitrogen and oxygen atoms in total. The van der Waals surface area contributed by atoms with Crippen molar-refractivity contribution in [3.8, 4) is 0 Å². The second-order valence-electron chi connectivity index (χ2n) is 5.62. The first-order chi connectivity index (χ1) is 8.38. The van der Waals surface area contributed by atoms with Crippen LogP contribution in [0, 0.1) is 11.8 Å². The molecule has 1 heterocycles. The van der Waals surface area contributed by atoms with E-state index in [9.17, 15) is 9.59 Å². The maximum absolute atomic E-state index is 11.5. The van der Waals surface area contributed by atoms with Crippen LogP contribution in [0.3, 0.4) is 0 Å². The van der Waals surface area contributed by atoms with Crippen molar-refractivity contribution < 1.29 is 14.7 Å². The summed E-state index contributed by atoms with van der Waals surface area (Å²) in [7, 11) is 0. The molecule has 2 N–H and O–H groups in total. The molecule has 0 spiro atoms. The zero-order chi connectivity index (χ0) is 13.7. The minimum atomic E-state index is -0.784. The SMILES string of the molecule is CC(=O)N1CC(CC(=O)O)CC(NCC(C)C)C1. The Labute approximate surface area is 109 Å². The summed E-state index contributed by atoms with van der Waals surface area (Å²) in [6, 6.07) is 0.217. The van der Waals surface area contributed by atoms with Crippen molar-refractivity contribution in [3.63, 3.8) is 0 Å². The number of rotatable bonds is 5. The summed E-state index contributed by atoms with van der Waals surface area (Å²) in [6.07, 6.45) is 0.979. The summed E-state index contributed by atoms with van der Waals surface area (Å²) in [5.41, 5.74) is 0. The molecule has 0 radical (unpaired) electrons. The lowest BCUT2D eigenvalue weighted by Crippen LogP contribution is -2.51. The van der Waals surface area contributed by atoms with Crippen molar-refractivity contribution in [3.05, 3.63) is 0 Å². The van der Waals surface area contributed by atoms with Gasteiger partial charge >= 0.3 is 5.97 Å². The van der Waals surface area contributed by atoms with E-state index in [2.05, 4.69) is 19.2 Å². The van der Waals surface area contributed by atoms with E-state index in [1.807, 2.05) is 0 Å². The molecule has 2 unspecified atom stereocenters. The summed E-state index contributed by atoms with van der Waals surface area (Å²) >= 11 is 0. The van der Waals surface area contributed by atoms with Crippen LogP contribution >= 0.6 is 0 Å². The second kappa shape index (κ2) is 6.73. The Morgan fingerprint density at radius 2 is 2.06 bits per heavy atom. The third-order valence-corrected chi connectivity index (χ3v) is 3.26. The van der Waals surface area contributed by atoms with Crippen LogP contribution in [-0.4, -0.2) is 47.6 Å². The smallest absolute Gasteiger partial charge is 0.303 e. The molecule has 0 aliphatic carbocycles. The first-order valence-corrected chi connectivity index (χ1v) is 6.59. The Balaban J connectivity index is 2.56. The molecule has 1 fully saturated rings. The summed E-state index contributed by atoms with van der Waals surface area (Å²) < 4.78 is 0. The van der Waals surface area contributed by atoms with Crippen LogP contribution in [0.2, 0.25) is 0 Å². The maximum atomic E-state index is 11.5. The quantitative estimate of drug-likeness (QED) is 0.768. The van der Waals surface area contributed by atoms with Crippen LogP contribution in [0.5, 0.6) is 0 Å². The number of carboxylic acid groups (broad SMARTS) is 1. The third-order valence-electron chi connectivity index (χ3n) is 3.26. The molecule has 0 aromatic rings. The normalized spacial score (nSPS) is 24.3. The van der Waals surface area contributed by atoms with Gasteiger partial charge in [-0.1, -0.05) is 13.8 Å². The molecule has 0 aromatic carbocycles. The van der Waals surface area contributed by atoms with Crippen LogP contribution in [0.1, 0.15) is 33.6 Å². The fraction of sp³-hybridized carbons (Fsp3) is 0.846. The number of carbonyl (C=O) groups excluding carboxylic acids is 1. The van der Waals surface area contributed by atoms with Crippen LogP contribution in [-0.2, 0) is 9.59 Å². The average Bonchev–Trinajstić information content (AvgIpc) is 2.25. The molecular weight excluding hydrogens is 232 g/mol. The zero-order valence-corrected chi connectivity index (χ0v) is 11.5. The maximum Gasteiger partial charge on any atom is 0.303 e. The molecule has 1 rings (SSSR count). The number of amides is 1. The summed E-state index contributed by atoms with van der Waals surface area (Å²) in [5, 5.41) is 12.3. The zero-order valence-electron chi connectivity index (χ0n) is 11.5. The number of likely N-dealkylation sites (tertiary alicyclic amines) is 1. The number of nitrogens with zero attached hydrogens (tertiary/aromatic N) is 1. The lowest BCUT2D eigenvalue weighted by atomic mass is 9.91. The van der Waals surface area contributed by atoms with Crippen molar-refractivity contribution >= 4 is 11.9 Å². The Hall–Kier alpha value is -1.10. The fourth-order valence-corrected chi connectivity index (χ4v) is 2.41. The molecule has 1 aliphatic rings. The number of hydrogen-bond acceptors (Lipinski definition) is 3. The summed E-state index contributed by atoms with van der Waals surface area (Å²) in [6.45, 7) is 7.97. The molecule has 2 atom stereocenters. The largest absolute Gasteiger partial charge is 0.481 e. The molecule has 1 aliphatic heterocycles. The molecule has 0 aromatic heterocycles. The molecule has 1 amide bonds. The number of nitrogens with one attached hydrogen (secondary N) is 1. The van der Waals surface area contributed by atoms with E-state index in [-0.39, 0.29) is 24.3 Å². The van der Waals surface area contributed by atoms with Gasteiger partial charge in [-0.3, -0.25) is 9.59 Å². The fourth-order valence-electron chi connectivity index (χ4n) is 2.41. The summed E-state index contributed by atoms with van der Waals surface area (Å²) in [5.74, 6) is -0.144. The van der Waals surface area contributed by atoms with Gasteiger partial charge < -0.3 is 15.3 Å². The molecular formula is C13H24N2O3. The van der Waals surface area contributed by atoms with Gasteiger partial charge in [-0.2, -0.15) is 0 Å². The van der Waals surface area contributed by atoms with Crippen molar-refractivity contribution in [1.29, 1.82) is 0 Å². The molecule has 1 saturated heterocycles. The lowest BCUT2D eigenvalue weighted by molar-refractivity contribution is -0.140. The van der Waals surface area contributed by atoms with Crippen molar-refractivity contribution in [2.45, 2.75) is 39.7 Å². The van der Waals surface area contributed by atoms with Gasteiger partial charge in [0, 0.05) is 32.5 Å². The number of aliphatic carboxylic acids is 1. The van der Waals surface area contributed by atoms with Crippen LogP contribution in [0.25, 0.3) is 0 Å². The number of carboxylic acids is 1. The van der Waals surface area contributed by atoms with Gasteiger partial charge in [0.05, 0.1) is 0 Å². The molecule has 104 valence electrons. The van der Waals surface area contributed by atoms with Gasteiger partial charge in [0.1, 0.15) is 0 Å². The van der Waals surface area contributed by atoms with Gasteiger partial charge in [-0.25, -0.2) is 0 Å². The predicted molar refractivity (Wildman–Crippen MR) is 69.2 cm³/mol. The minimum Gasteiger partial charge on any atom is -0.481 e. The van der Waals surface area contributed by atoms with E-state index in [1.54, 1.807) is 11.8 Å². The second-order valence-corrected chi connectivity index (χ2v) is 5.62. The number of piperidine rings is 1. The Kier molecular flexibility index (Phi) is 5.59.